The molecule has 0 saturated heterocycles. The smallest absolute Gasteiger partial charge is 0.323 e. The molecule has 0 heterocycles. The summed E-state index contributed by atoms with van der Waals surface area (Å²) in [7, 11) is 0. The Bertz CT molecular complexity index is 520. The fraction of sp³-hybridized carbons (Fsp3) is 0.444. The van der Waals surface area contributed by atoms with Gasteiger partial charge in [-0.2, -0.15) is 0 Å². The highest BCUT2D eigenvalue weighted by molar-refractivity contribution is 5.86. The Morgan fingerprint density at radius 2 is 1.82 bits per heavy atom. The van der Waals surface area contributed by atoms with Crippen LogP contribution in [0, 0.1) is 5.92 Å². The summed E-state index contributed by atoms with van der Waals surface area (Å²) in [6.07, 6.45) is 2.55. The lowest BCUT2D eigenvalue weighted by Crippen LogP contribution is -2.38. The molecule has 1 atom stereocenters. The average molecular weight is 303 g/mol. The maximum absolute atomic E-state index is 12.4. The fourth-order valence-corrected chi connectivity index (χ4v) is 2.38. The number of carbonyl (C=O) groups is 2. The predicted octanol–water partition coefficient (Wildman–Crippen LogP) is 3.09. The SMILES string of the molecule is C=CCN(CC(=O)O)C(=O)[C@H](C)c1ccc(CC(C)C)cc1. The number of hydrogen-bond donors (Lipinski definition) is 1. The number of nitrogens with zero attached hydrogens (tertiary/aromatic N) is 1. The Morgan fingerprint density at radius 1 is 1.23 bits per heavy atom. The second-order valence-electron chi connectivity index (χ2n) is 5.96. The second kappa shape index (κ2) is 8.37. The van der Waals surface area contributed by atoms with Gasteiger partial charge in [-0.3, -0.25) is 9.59 Å². The summed E-state index contributed by atoms with van der Waals surface area (Å²) < 4.78 is 0. The molecule has 0 bridgehead atoms. The molecule has 1 amide bonds. The summed E-state index contributed by atoms with van der Waals surface area (Å²) in [6, 6.07) is 7.97. The van der Waals surface area contributed by atoms with Crippen LogP contribution in [0.2, 0.25) is 0 Å². The van der Waals surface area contributed by atoms with Gasteiger partial charge in [0, 0.05) is 6.54 Å². The Morgan fingerprint density at radius 3 is 2.27 bits per heavy atom. The standard InChI is InChI=1S/C18H25NO3/c1-5-10-19(12-17(20)21)18(22)14(4)16-8-6-15(7-9-16)11-13(2)3/h5-9,13-14H,1,10-12H2,2-4H3,(H,20,21)/t14-/m1/s1. The summed E-state index contributed by atoms with van der Waals surface area (Å²) >= 11 is 0. The molecule has 1 aromatic rings. The third-order valence-electron chi connectivity index (χ3n) is 3.48. The first-order chi connectivity index (χ1) is 10.3. The van der Waals surface area contributed by atoms with E-state index in [1.54, 1.807) is 13.0 Å². The van der Waals surface area contributed by atoms with E-state index < -0.39 is 5.97 Å². The summed E-state index contributed by atoms with van der Waals surface area (Å²) in [6.45, 7) is 9.64. The lowest BCUT2D eigenvalue weighted by molar-refractivity contribution is -0.144. The van der Waals surface area contributed by atoms with Crippen molar-refractivity contribution in [2.45, 2.75) is 33.1 Å². The van der Waals surface area contributed by atoms with Crippen LogP contribution in [0.15, 0.2) is 36.9 Å². The zero-order valence-electron chi connectivity index (χ0n) is 13.6. The van der Waals surface area contributed by atoms with Crippen LogP contribution in [0.5, 0.6) is 0 Å². The van der Waals surface area contributed by atoms with Crippen molar-refractivity contribution in [3.05, 3.63) is 48.0 Å². The first kappa shape index (κ1) is 18.0. The number of amides is 1. The minimum Gasteiger partial charge on any atom is -0.480 e. The molecule has 22 heavy (non-hydrogen) atoms. The maximum Gasteiger partial charge on any atom is 0.323 e. The Labute approximate surface area is 132 Å². The molecule has 4 heteroatoms. The Kier molecular flexibility index (Phi) is 6.83. The molecule has 0 radical (unpaired) electrons. The van der Waals surface area contributed by atoms with Crippen LogP contribution in [0.3, 0.4) is 0 Å². The van der Waals surface area contributed by atoms with Gasteiger partial charge in [-0.05, 0) is 30.4 Å². The van der Waals surface area contributed by atoms with Gasteiger partial charge in [0.15, 0.2) is 0 Å². The van der Waals surface area contributed by atoms with Crippen molar-refractivity contribution in [2.24, 2.45) is 5.92 Å². The normalized spacial score (nSPS) is 12.0. The highest BCUT2D eigenvalue weighted by atomic mass is 16.4. The van der Waals surface area contributed by atoms with Crippen LogP contribution in [0.25, 0.3) is 0 Å². The first-order valence-electron chi connectivity index (χ1n) is 7.55. The van der Waals surface area contributed by atoms with E-state index in [0.29, 0.717) is 5.92 Å². The van der Waals surface area contributed by atoms with Gasteiger partial charge in [-0.15, -0.1) is 6.58 Å². The first-order valence-corrected chi connectivity index (χ1v) is 7.55. The van der Waals surface area contributed by atoms with Crippen molar-refractivity contribution in [3.63, 3.8) is 0 Å². The zero-order valence-corrected chi connectivity index (χ0v) is 13.6. The van der Waals surface area contributed by atoms with Crippen LogP contribution < -0.4 is 0 Å². The topological polar surface area (TPSA) is 57.6 Å². The molecule has 0 fully saturated rings. The molecule has 120 valence electrons. The van der Waals surface area contributed by atoms with E-state index in [2.05, 4.69) is 20.4 Å². The molecule has 0 aliphatic heterocycles. The molecule has 0 unspecified atom stereocenters. The highest BCUT2D eigenvalue weighted by Gasteiger charge is 2.22. The van der Waals surface area contributed by atoms with Gasteiger partial charge in [0.25, 0.3) is 0 Å². The van der Waals surface area contributed by atoms with Crippen molar-refractivity contribution in [2.75, 3.05) is 13.1 Å². The summed E-state index contributed by atoms with van der Waals surface area (Å²) in [5.41, 5.74) is 2.14. The quantitative estimate of drug-likeness (QED) is 0.751. The fourth-order valence-electron chi connectivity index (χ4n) is 2.38. The Balaban J connectivity index is 2.83. The predicted molar refractivity (Wildman–Crippen MR) is 87.8 cm³/mol. The van der Waals surface area contributed by atoms with Crippen molar-refractivity contribution in [1.82, 2.24) is 4.90 Å². The van der Waals surface area contributed by atoms with Gasteiger partial charge in [-0.1, -0.05) is 44.2 Å². The summed E-state index contributed by atoms with van der Waals surface area (Å²) in [4.78, 5) is 24.6. The van der Waals surface area contributed by atoms with Gasteiger partial charge in [-0.25, -0.2) is 0 Å². The van der Waals surface area contributed by atoms with E-state index >= 15 is 0 Å². The monoisotopic (exact) mass is 303 g/mol. The molecule has 4 nitrogen and oxygen atoms in total. The largest absolute Gasteiger partial charge is 0.480 e. The van der Waals surface area contributed by atoms with Crippen molar-refractivity contribution in [1.29, 1.82) is 0 Å². The number of benzene rings is 1. The average Bonchev–Trinajstić information content (AvgIpc) is 2.45. The molecule has 1 aromatic carbocycles. The van der Waals surface area contributed by atoms with E-state index in [9.17, 15) is 9.59 Å². The Hall–Kier alpha value is -2.10. The van der Waals surface area contributed by atoms with Crippen LogP contribution in [-0.2, 0) is 16.0 Å². The van der Waals surface area contributed by atoms with Crippen LogP contribution in [0.4, 0.5) is 0 Å². The second-order valence-corrected chi connectivity index (χ2v) is 5.96. The summed E-state index contributed by atoms with van der Waals surface area (Å²) in [5.74, 6) is -0.996. The van der Waals surface area contributed by atoms with E-state index in [1.807, 2.05) is 24.3 Å². The molecule has 1 N–H and O–H groups in total. The van der Waals surface area contributed by atoms with E-state index in [1.165, 1.54) is 10.5 Å². The molecule has 0 spiro atoms. The van der Waals surface area contributed by atoms with Gasteiger partial charge >= 0.3 is 5.97 Å². The van der Waals surface area contributed by atoms with Gasteiger partial charge in [0.2, 0.25) is 5.91 Å². The number of carboxylic acids is 1. The lowest BCUT2D eigenvalue weighted by Gasteiger charge is -2.23. The number of rotatable bonds is 8. The highest BCUT2D eigenvalue weighted by Crippen LogP contribution is 2.20. The molecule has 0 aliphatic carbocycles. The molecule has 1 rings (SSSR count). The third-order valence-corrected chi connectivity index (χ3v) is 3.48. The number of carbonyl (C=O) groups excluding carboxylic acids is 1. The lowest BCUT2D eigenvalue weighted by atomic mass is 9.96. The van der Waals surface area contributed by atoms with E-state index in [4.69, 9.17) is 5.11 Å². The summed E-state index contributed by atoms with van der Waals surface area (Å²) in [5, 5.41) is 8.90. The minimum atomic E-state index is -1.02. The van der Waals surface area contributed by atoms with Crippen LogP contribution >= 0.6 is 0 Å². The number of carboxylic acid groups (broad SMARTS) is 1. The molecule has 0 aliphatic rings. The van der Waals surface area contributed by atoms with Crippen LogP contribution in [-0.4, -0.2) is 35.0 Å². The van der Waals surface area contributed by atoms with E-state index in [0.717, 1.165) is 12.0 Å². The molecule has 0 saturated carbocycles. The minimum absolute atomic E-state index is 0.195. The van der Waals surface area contributed by atoms with Crippen molar-refractivity contribution >= 4 is 11.9 Å². The number of hydrogen-bond acceptors (Lipinski definition) is 2. The van der Waals surface area contributed by atoms with Gasteiger partial charge in [0.05, 0.1) is 5.92 Å². The van der Waals surface area contributed by atoms with Crippen LogP contribution in [0.1, 0.15) is 37.8 Å². The van der Waals surface area contributed by atoms with E-state index in [-0.39, 0.29) is 24.9 Å². The molecular weight excluding hydrogens is 278 g/mol. The zero-order chi connectivity index (χ0) is 16.7. The van der Waals surface area contributed by atoms with Gasteiger partial charge in [0.1, 0.15) is 6.54 Å². The van der Waals surface area contributed by atoms with Crippen molar-refractivity contribution in [3.8, 4) is 0 Å². The number of aliphatic carboxylic acids is 1. The molecular formula is C18H25NO3. The van der Waals surface area contributed by atoms with Crippen molar-refractivity contribution < 1.29 is 14.7 Å². The maximum atomic E-state index is 12.4. The molecule has 0 aromatic heterocycles. The van der Waals surface area contributed by atoms with Gasteiger partial charge < -0.3 is 10.0 Å². The third kappa shape index (κ3) is 5.35.